The van der Waals surface area contributed by atoms with Crippen molar-refractivity contribution in [3.63, 3.8) is 0 Å². The Hall–Kier alpha value is -2.75. The number of carbonyl (C=O) groups excluding carboxylic acids is 3. The first-order valence-electron chi connectivity index (χ1n) is 8.89. The normalized spacial score (nSPS) is 18.3. The average Bonchev–Trinajstić information content (AvgIpc) is 3.40. The van der Waals surface area contributed by atoms with E-state index in [4.69, 9.17) is 4.42 Å². The van der Waals surface area contributed by atoms with Crippen LogP contribution >= 0.6 is 11.3 Å². The van der Waals surface area contributed by atoms with Crippen molar-refractivity contribution < 1.29 is 18.8 Å². The summed E-state index contributed by atoms with van der Waals surface area (Å²) in [7, 11) is 0. The van der Waals surface area contributed by atoms with Gasteiger partial charge in [0.1, 0.15) is 5.54 Å². The number of furan rings is 1. The van der Waals surface area contributed by atoms with E-state index in [0.29, 0.717) is 35.2 Å². The number of rotatable bonds is 6. The molecule has 27 heavy (non-hydrogen) atoms. The maximum absolute atomic E-state index is 12.5. The Labute approximate surface area is 159 Å². The molecule has 2 aromatic heterocycles. The highest BCUT2D eigenvalue weighted by Crippen LogP contribution is 2.35. The number of anilines is 1. The van der Waals surface area contributed by atoms with E-state index < -0.39 is 5.54 Å². The van der Waals surface area contributed by atoms with E-state index in [2.05, 4.69) is 20.8 Å². The van der Waals surface area contributed by atoms with Crippen molar-refractivity contribution >= 4 is 34.3 Å². The van der Waals surface area contributed by atoms with Gasteiger partial charge in [-0.15, -0.1) is 10.2 Å². The number of imide groups is 1. The molecule has 4 amide bonds. The van der Waals surface area contributed by atoms with E-state index in [1.807, 2.05) is 0 Å². The Morgan fingerprint density at radius 1 is 1.33 bits per heavy atom. The van der Waals surface area contributed by atoms with Gasteiger partial charge in [0.25, 0.3) is 5.91 Å². The van der Waals surface area contributed by atoms with E-state index >= 15 is 0 Å². The van der Waals surface area contributed by atoms with Gasteiger partial charge in [0.2, 0.25) is 11.0 Å². The number of carbonyl (C=O) groups is 3. The van der Waals surface area contributed by atoms with Gasteiger partial charge in [-0.3, -0.25) is 14.5 Å². The lowest BCUT2D eigenvalue weighted by Crippen LogP contribution is -2.44. The molecule has 1 saturated heterocycles. The zero-order valence-electron chi connectivity index (χ0n) is 14.6. The zero-order chi connectivity index (χ0) is 18.9. The summed E-state index contributed by atoms with van der Waals surface area (Å²) in [5.41, 5.74) is -0.700. The fraction of sp³-hybridized carbons (Fsp3) is 0.471. The van der Waals surface area contributed by atoms with Crippen LogP contribution in [0.4, 0.5) is 9.93 Å². The number of aromatic nitrogens is 2. The van der Waals surface area contributed by atoms with E-state index in [1.54, 1.807) is 18.4 Å². The molecule has 9 nitrogen and oxygen atoms in total. The Morgan fingerprint density at radius 2 is 2.15 bits per heavy atom. The van der Waals surface area contributed by atoms with Crippen LogP contribution in [0.15, 0.2) is 22.8 Å². The van der Waals surface area contributed by atoms with Crippen molar-refractivity contribution in [1.82, 2.24) is 20.4 Å². The van der Waals surface area contributed by atoms with Crippen LogP contribution in [0.2, 0.25) is 0 Å². The number of amides is 4. The largest absolute Gasteiger partial charge is 0.462 e. The lowest BCUT2D eigenvalue weighted by Gasteiger charge is -2.19. The molecule has 1 aliphatic heterocycles. The monoisotopic (exact) mass is 389 g/mol. The molecule has 2 N–H and O–H groups in total. The first-order valence-corrected chi connectivity index (χ1v) is 9.70. The topological polar surface area (TPSA) is 117 Å². The van der Waals surface area contributed by atoms with Gasteiger partial charge < -0.3 is 15.1 Å². The molecule has 0 atom stereocenters. The number of hydrogen-bond acceptors (Lipinski definition) is 7. The first kappa shape index (κ1) is 17.7. The van der Waals surface area contributed by atoms with Gasteiger partial charge in [-0.1, -0.05) is 24.2 Å². The quantitative estimate of drug-likeness (QED) is 0.733. The van der Waals surface area contributed by atoms with Gasteiger partial charge in [0.15, 0.2) is 10.8 Å². The van der Waals surface area contributed by atoms with Crippen molar-refractivity contribution in [1.29, 1.82) is 0 Å². The van der Waals surface area contributed by atoms with Crippen LogP contribution < -0.4 is 10.6 Å². The molecular weight excluding hydrogens is 370 g/mol. The minimum atomic E-state index is -0.700. The van der Waals surface area contributed by atoms with Gasteiger partial charge >= 0.3 is 6.03 Å². The molecule has 3 heterocycles. The Bertz CT molecular complexity index is 857. The highest BCUT2D eigenvalue weighted by molar-refractivity contribution is 7.18. The van der Waals surface area contributed by atoms with E-state index in [9.17, 15) is 14.4 Å². The third-order valence-corrected chi connectivity index (χ3v) is 5.75. The summed E-state index contributed by atoms with van der Waals surface area (Å²) >= 11 is 1.21. The van der Waals surface area contributed by atoms with Crippen molar-refractivity contribution in [3.8, 4) is 10.8 Å². The highest BCUT2D eigenvalue weighted by atomic mass is 32.1. The van der Waals surface area contributed by atoms with Crippen molar-refractivity contribution in [3.05, 3.63) is 18.4 Å². The number of hydrogen-bond donors (Lipinski definition) is 2. The predicted molar refractivity (Wildman–Crippen MR) is 96.9 cm³/mol. The van der Waals surface area contributed by atoms with E-state index in [1.165, 1.54) is 16.2 Å². The number of nitrogens with zero attached hydrogens (tertiary/aromatic N) is 3. The second kappa shape index (κ2) is 7.10. The molecule has 1 aliphatic carbocycles. The third kappa shape index (κ3) is 3.44. The molecule has 2 aliphatic rings. The third-order valence-electron chi connectivity index (χ3n) is 4.89. The van der Waals surface area contributed by atoms with Crippen LogP contribution in [0.1, 0.15) is 38.5 Å². The summed E-state index contributed by atoms with van der Waals surface area (Å²) in [6, 6.07) is 3.16. The summed E-state index contributed by atoms with van der Waals surface area (Å²) in [6.07, 6.45) is 5.41. The van der Waals surface area contributed by atoms with Gasteiger partial charge in [-0.2, -0.15) is 0 Å². The Morgan fingerprint density at radius 3 is 2.89 bits per heavy atom. The molecule has 10 heteroatoms. The molecule has 0 radical (unpaired) electrons. The van der Waals surface area contributed by atoms with Crippen LogP contribution in [0, 0.1) is 0 Å². The number of nitrogens with one attached hydrogen (secondary N) is 2. The van der Waals surface area contributed by atoms with Gasteiger partial charge in [0.05, 0.1) is 6.26 Å². The smallest absolute Gasteiger partial charge is 0.325 e. The maximum Gasteiger partial charge on any atom is 0.325 e. The van der Waals surface area contributed by atoms with Crippen LogP contribution in [-0.2, 0) is 9.59 Å². The standard InChI is InChI=1S/C17H19N5O4S/c23-12(18-15-21-20-13(27-15)11-5-4-10-26-11)6-3-9-22-14(24)17(19-16(22)25)7-1-2-8-17/h4-5,10H,1-3,6-9H2,(H,19,25)(H,18,21,23). The van der Waals surface area contributed by atoms with Gasteiger partial charge in [-0.25, -0.2) is 4.79 Å². The second-order valence-corrected chi connectivity index (χ2v) is 7.70. The summed E-state index contributed by atoms with van der Waals surface area (Å²) in [4.78, 5) is 38.0. The molecule has 1 spiro atoms. The Kier molecular flexibility index (Phi) is 4.65. The van der Waals surface area contributed by atoms with Crippen molar-refractivity contribution in [2.45, 2.75) is 44.1 Å². The minimum absolute atomic E-state index is 0.155. The molecule has 4 rings (SSSR count). The molecule has 1 saturated carbocycles. The molecule has 2 fully saturated rings. The van der Waals surface area contributed by atoms with E-state index in [-0.39, 0.29) is 30.8 Å². The van der Waals surface area contributed by atoms with Crippen molar-refractivity contribution in [2.75, 3.05) is 11.9 Å². The minimum Gasteiger partial charge on any atom is -0.462 e. The Balaban J connectivity index is 1.26. The summed E-state index contributed by atoms with van der Waals surface area (Å²) in [6.45, 7) is 0.230. The fourth-order valence-electron chi connectivity index (χ4n) is 3.55. The first-order chi connectivity index (χ1) is 13.1. The van der Waals surface area contributed by atoms with Gasteiger partial charge in [0, 0.05) is 13.0 Å². The number of urea groups is 1. The lowest BCUT2D eigenvalue weighted by atomic mass is 9.98. The predicted octanol–water partition coefficient (Wildman–Crippen LogP) is 2.38. The highest BCUT2D eigenvalue weighted by Gasteiger charge is 2.51. The molecule has 2 aromatic rings. The fourth-order valence-corrected chi connectivity index (χ4v) is 4.28. The lowest BCUT2D eigenvalue weighted by molar-refractivity contribution is -0.131. The average molecular weight is 389 g/mol. The van der Waals surface area contributed by atoms with E-state index in [0.717, 1.165) is 12.8 Å². The SMILES string of the molecule is O=C(CCCN1C(=O)NC2(CCCC2)C1=O)Nc1nnc(-c2ccco2)s1. The van der Waals surface area contributed by atoms with Crippen LogP contribution in [-0.4, -0.2) is 45.0 Å². The second-order valence-electron chi connectivity index (χ2n) is 6.72. The molecule has 142 valence electrons. The van der Waals surface area contributed by atoms with Crippen LogP contribution in [0.25, 0.3) is 10.8 Å². The zero-order valence-corrected chi connectivity index (χ0v) is 15.4. The molecule has 0 bridgehead atoms. The summed E-state index contributed by atoms with van der Waals surface area (Å²) in [5, 5.41) is 14.4. The molecule has 0 aromatic carbocycles. The van der Waals surface area contributed by atoms with Gasteiger partial charge in [-0.05, 0) is 31.4 Å². The summed E-state index contributed by atoms with van der Waals surface area (Å²) in [5.74, 6) is 0.199. The van der Waals surface area contributed by atoms with Crippen molar-refractivity contribution in [2.24, 2.45) is 0 Å². The van der Waals surface area contributed by atoms with Crippen LogP contribution in [0.5, 0.6) is 0 Å². The van der Waals surface area contributed by atoms with Crippen LogP contribution in [0.3, 0.4) is 0 Å². The molecule has 0 unspecified atom stereocenters. The summed E-state index contributed by atoms with van der Waals surface area (Å²) < 4.78 is 5.24. The molecular formula is C17H19N5O4S. The maximum atomic E-state index is 12.5.